The van der Waals surface area contributed by atoms with Crippen LogP contribution in [0, 0.1) is 12.7 Å². The van der Waals surface area contributed by atoms with E-state index in [2.05, 4.69) is 5.10 Å². The van der Waals surface area contributed by atoms with Crippen molar-refractivity contribution in [2.24, 2.45) is 0 Å². The standard InChI is InChI=1S/C23H16ClFN2O2S/c1-15-21(30-18-13-11-16(24)12-14-18)22(27(26-15)17-7-3-2-4-8-17)29-23(28)19-9-5-6-10-20(19)25/h2-14H,1H3. The molecule has 0 saturated heterocycles. The lowest BCUT2D eigenvalue weighted by Crippen LogP contribution is -2.13. The van der Waals surface area contributed by atoms with Gasteiger partial charge in [-0.1, -0.05) is 53.7 Å². The van der Waals surface area contributed by atoms with Crippen molar-refractivity contribution in [3.63, 3.8) is 0 Å². The number of rotatable bonds is 5. The smallest absolute Gasteiger partial charge is 0.347 e. The zero-order chi connectivity index (χ0) is 21.1. The summed E-state index contributed by atoms with van der Waals surface area (Å²) in [5.41, 5.74) is 1.26. The second-order valence-electron chi connectivity index (χ2n) is 6.39. The topological polar surface area (TPSA) is 44.1 Å². The number of aryl methyl sites for hydroxylation is 1. The van der Waals surface area contributed by atoms with Gasteiger partial charge in [0.1, 0.15) is 5.82 Å². The van der Waals surface area contributed by atoms with Crippen LogP contribution in [0.15, 0.2) is 88.7 Å². The van der Waals surface area contributed by atoms with Gasteiger partial charge >= 0.3 is 5.97 Å². The molecule has 0 fully saturated rings. The molecule has 0 bridgehead atoms. The van der Waals surface area contributed by atoms with Crippen LogP contribution in [-0.2, 0) is 0 Å². The molecule has 30 heavy (non-hydrogen) atoms. The Kier molecular flexibility index (Phi) is 5.88. The molecule has 4 aromatic rings. The fourth-order valence-electron chi connectivity index (χ4n) is 2.83. The van der Waals surface area contributed by atoms with Crippen LogP contribution in [0.3, 0.4) is 0 Å². The molecule has 0 amide bonds. The molecule has 0 saturated carbocycles. The molecule has 0 aliphatic heterocycles. The van der Waals surface area contributed by atoms with Gasteiger partial charge in [0.05, 0.1) is 21.8 Å². The maximum Gasteiger partial charge on any atom is 0.347 e. The molecule has 0 radical (unpaired) electrons. The molecule has 1 aromatic heterocycles. The van der Waals surface area contributed by atoms with Crippen LogP contribution < -0.4 is 4.74 Å². The first-order valence-corrected chi connectivity index (χ1v) is 10.3. The summed E-state index contributed by atoms with van der Waals surface area (Å²) >= 11 is 7.38. The molecule has 0 aliphatic rings. The first-order chi connectivity index (χ1) is 14.5. The number of benzene rings is 3. The highest BCUT2D eigenvalue weighted by atomic mass is 35.5. The Hall–Kier alpha value is -3.09. The number of hydrogen-bond acceptors (Lipinski definition) is 4. The summed E-state index contributed by atoms with van der Waals surface area (Å²) in [6.07, 6.45) is 0. The van der Waals surface area contributed by atoms with Crippen LogP contribution in [0.5, 0.6) is 5.88 Å². The van der Waals surface area contributed by atoms with Crippen molar-refractivity contribution in [1.29, 1.82) is 0 Å². The fraction of sp³-hybridized carbons (Fsp3) is 0.0435. The van der Waals surface area contributed by atoms with E-state index in [0.29, 0.717) is 15.6 Å². The van der Waals surface area contributed by atoms with E-state index in [9.17, 15) is 9.18 Å². The molecule has 0 aliphatic carbocycles. The normalized spacial score (nSPS) is 10.8. The van der Waals surface area contributed by atoms with E-state index in [1.807, 2.05) is 49.4 Å². The number of para-hydroxylation sites is 1. The van der Waals surface area contributed by atoms with Crippen LogP contribution in [-0.4, -0.2) is 15.7 Å². The first kappa shape index (κ1) is 20.2. The van der Waals surface area contributed by atoms with Gasteiger partial charge in [-0.2, -0.15) is 9.78 Å². The van der Waals surface area contributed by atoms with Crippen molar-refractivity contribution in [2.75, 3.05) is 0 Å². The van der Waals surface area contributed by atoms with Crippen molar-refractivity contribution >= 4 is 29.3 Å². The van der Waals surface area contributed by atoms with Gasteiger partial charge < -0.3 is 4.74 Å². The molecule has 7 heteroatoms. The number of nitrogens with zero attached hydrogens (tertiary/aromatic N) is 2. The summed E-state index contributed by atoms with van der Waals surface area (Å²) in [5, 5.41) is 5.19. The molecule has 4 rings (SSSR count). The molecule has 0 atom stereocenters. The lowest BCUT2D eigenvalue weighted by Gasteiger charge is -2.10. The largest absolute Gasteiger partial charge is 0.402 e. The third-order valence-corrected chi connectivity index (χ3v) is 5.72. The van der Waals surface area contributed by atoms with Gasteiger partial charge in [0.25, 0.3) is 0 Å². The second-order valence-corrected chi connectivity index (χ2v) is 7.91. The monoisotopic (exact) mass is 438 g/mol. The molecular weight excluding hydrogens is 423 g/mol. The Balaban J connectivity index is 1.78. The van der Waals surface area contributed by atoms with Crippen molar-refractivity contribution in [1.82, 2.24) is 9.78 Å². The van der Waals surface area contributed by atoms with Crippen LogP contribution in [0.25, 0.3) is 5.69 Å². The second kappa shape index (κ2) is 8.73. The molecular formula is C23H16ClFN2O2S. The minimum atomic E-state index is -0.789. The molecule has 0 unspecified atom stereocenters. The lowest BCUT2D eigenvalue weighted by molar-refractivity contribution is 0.0713. The zero-order valence-corrected chi connectivity index (χ0v) is 17.5. The van der Waals surface area contributed by atoms with Crippen LogP contribution in [0.4, 0.5) is 4.39 Å². The number of ether oxygens (including phenoxy) is 1. The Morgan fingerprint density at radius 2 is 1.67 bits per heavy atom. The number of hydrogen-bond donors (Lipinski definition) is 0. The molecule has 0 N–H and O–H groups in total. The molecule has 150 valence electrons. The van der Waals surface area contributed by atoms with Crippen molar-refractivity contribution in [3.05, 3.63) is 101 Å². The summed E-state index contributed by atoms with van der Waals surface area (Å²) in [5.74, 6) is -1.20. The maximum atomic E-state index is 14.1. The average molecular weight is 439 g/mol. The van der Waals surface area contributed by atoms with E-state index < -0.39 is 11.8 Å². The van der Waals surface area contributed by atoms with Gasteiger partial charge in [-0.05, 0) is 55.5 Å². The van der Waals surface area contributed by atoms with Gasteiger partial charge in [-0.15, -0.1) is 0 Å². The summed E-state index contributed by atoms with van der Waals surface area (Å²) in [4.78, 5) is 14.3. The minimum absolute atomic E-state index is 0.140. The highest BCUT2D eigenvalue weighted by Gasteiger charge is 2.24. The van der Waals surface area contributed by atoms with Crippen molar-refractivity contribution in [3.8, 4) is 11.6 Å². The number of esters is 1. The summed E-state index contributed by atoms with van der Waals surface area (Å²) in [7, 11) is 0. The van der Waals surface area contributed by atoms with Crippen LogP contribution in [0.1, 0.15) is 16.1 Å². The quantitative estimate of drug-likeness (QED) is 0.341. The maximum absolute atomic E-state index is 14.1. The van der Waals surface area contributed by atoms with E-state index in [1.165, 1.54) is 30.0 Å². The van der Waals surface area contributed by atoms with Crippen molar-refractivity contribution < 1.29 is 13.9 Å². The molecule has 3 aromatic carbocycles. The van der Waals surface area contributed by atoms with E-state index in [1.54, 1.807) is 22.9 Å². The van der Waals surface area contributed by atoms with Gasteiger partial charge in [0.2, 0.25) is 5.88 Å². The predicted octanol–water partition coefficient (Wildman–Crippen LogP) is 6.34. The van der Waals surface area contributed by atoms with Crippen LogP contribution >= 0.6 is 23.4 Å². The summed E-state index contributed by atoms with van der Waals surface area (Å²) in [6, 6.07) is 22.3. The minimum Gasteiger partial charge on any atom is -0.402 e. The van der Waals surface area contributed by atoms with Gasteiger partial charge in [-0.3, -0.25) is 0 Å². The Morgan fingerprint density at radius 3 is 2.37 bits per heavy atom. The first-order valence-electron chi connectivity index (χ1n) is 9.08. The van der Waals surface area contributed by atoms with Crippen molar-refractivity contribution in [2.45, 2.75) is 16.7 Å². The van der Waals surface area contributed by atoms with E-state index >= 15 is 0 Å². The highest BCUT2D eigenvalue weighted by molar-refractivity contribution is 7.99. The molecule has 0 spiro atoms. The lowest BCUT2D eigenvalue weighted by atomic mass is 10.2. The number of halogens is 2. The molecule has 1 heterocycles. The van der Waals surface area contributed by atoms with E-state index in [0.717, 1.165) is 10.6 Å². The Labute approximate surface area is 182 Å². The molecule has 4 nitrogen and oxygen atoms in total. The number of carbonyl (C=O) groups is 1. The van der Waals surface area contributed by atoms with E-state index in [4.69, 9.17) is 16.3 Å². The zero-order valence-electron chi connectivity index (χ0n) is 15.9. The summed E-state index contributed by atoms with van der Waals surface area (Å²) in [6.45, 7) is 1.83. The fourth-order valence-corrected chi connectivity index (χ4v) is 3.87. The van der Waals surface area contributed by atoms with E-state index in [-0.39, 0.29) is 11.4 Å². The average Bonchev–Trinajstić information content (AvgIpc) is 3.06. The van der Waals surface area contributed by atoms with Gasteiger partial charge in [0.15, 0.2) is 0 Å². The summed E-state index contributed by atoms with van der Waals surface area (Å²) < 4.78 is 21.4. The third-order valence-electron chi connectivity index (χ3n) is 4.28. The van der Waals surface area contributed by atoms with Gasteiger partial charge in [-0.25, -0.2) is 9.18 Å². The number of aromatic nitrogens is 2. The number of carbonyl (C=O) groups excluding carboxylic acids is 1. The highest BCUT2D eigenvalue weighted by Crippen LogP contribution is 2.39. The Bertz CT molecular complexity index is 1190. The Morgan fingerprint density at radius 1 is 1.00 bits per heavy atom. The predicted molar refractivity (Wildman–Crippen MR) is 115 cm³/mol. The van der Waals surface area contributed by atoms with Crippen LogP contribution in [0.2, 0.25) is 5.02 Å². The van der Waals surface area contributed by atoms with Gasteiger partial charge in [0, 0.05) is 9.92 Å². The third kappa shape index (κ3) is 4.25. The SMILES string of the molecule is Cc1nn(-c2ccccc2)c(OC(=O)c2ccccc2F)c1Sc1ccc(Cl)cc1.